The SMILES string of the molecule is CC1CCN(CCCNC(C)CC2COCCN2)CC1. The zero-order chi connectivity index (χ0) is 14.2. The Bertz CT molecular complexity index is 248. The fraction of sp³-hybridized carbons (Fsp3) is 1.00. The minimum atomic E-state index is 0.537. The van der Waals surface area contributed by atoms with Gasteiger partial charge in [-0.1, -0.05) is 6.92 Å². The smallest absolute Gasteiger partial charge is 0.0620 e. The largest absolute Gasteiger partial charge is 0.379 e. The summed E-state index contributed by atoms with van der Waals surface area (Å²) in [4.78, 5) is 2.63. The average Bonchev–Trinajstić information content (AvgIpc) is 2.46. The van der Waals surface area contributed by atoms with Gasteiger partial charge in [0.05, 0.1) is 13.2 Å². The van der Waals surface area contributed by atoms with Crippen molar-refractivity contribution in [3.8, 4) is 0 Å². The molecule has 2 heterocycles. The van der Waals surface area contributed by atoms with E-state index in [4.69, 9.17) is 4.74 Å². The molecule has 0 radical (unpaired) electrons. The van der Waals surface area contributed by atoms with Crippen molar-refractivity contribution in [2.75, 3.05) is 45.9 Å². The lowest BCUT2D eigenvalue weighted by Crippen LogP contribution is -2.45. The molecule has 4 heteroatoms. The van der Waals surface area contributed by atoms with Gasteiger partial charge in [-0.3, -0.25) is 0 Å². The van der Waals surface area contributed by atoms with Crippen LogP contribution in [0.2, 0.25) is 0 Å². The topological polar surface area (TPSA) is 36.5 Å². The molecule has 2 unspecified atom stereocenters. The van der Waals surface area contributed by atoms with Gasteiger partial charge in [-0.2, -0.15) is 0 Å². The van der Waals surface area contributed by atoms with Gasteiger partial charge >= 0.3 is 0 Å². The first-order valence-corrected chi connectivity index (χ1v) is 8.51. The fourth-order valence-corrected chi connectivity index (χ4v) is 3.22. The molecule has 0 amide bonds. The lowest BCUT2D eigenvalue weighted by Gasteiger charge is -2.30. The Morgan fingerprint density at radius 3 is 2.85 bits per heavy atom. The Morgan fingerprint density at radius 1 is 1.35 bits per heavy atom. The predicted octanol–water partition coefficient (Wildman–Crippen LogP) is 1.47. The summed E-state index contributed by atoms with van der Waals surface area (Å²) in [6, 6.07) is 1.12. The second-order valence-corrected chi connectivity index (χ2v) is 6.69. The van der Waals surface area contributed by atoms with E-state index in [1.165, 1.54) is 45.3 Å². The highest BCUT2D eigenvalue weighted by Crippen LogP contribution is 2.15. The maximum Gasteiger partial charge on any atom is 0.0620 e. The summed E-state index contributed by atoms with van der Waals surface area (Å²) in [5.74, 6) is 0.939. The molecule has 0 spiro atoms. The van der Waals surface area contributed by atoms with Crippen LogP contribution in [0.5, 0.6) is 0 Å². The van der Waals surface area contributed by atoms with E-state index in [0.29, 0.717) is 12.1 Å². The molecule has 2 aliphatic rings. The number of morpholine rings is 1. The zero-order valence-electron chi connectivity index (χ0n) is 13.4. The van der Waals surface area contributed by atoms with Crippen molar-refractivity contribution >= 4 is 0 Å². The summed E-state index contributed by atoms with van der Waals surface area (Å²) in [6.45, 7) is 12.4. The lowest BCUT2D eigenvalue weighted by molar-refractivity contribution is 0.0712. The first-order chi connectivity index (χ1) is 9.74. The minimum absolute atomic E-state index is 0.537. The van der Waals surface area contributed by atoms with E-state index in [1.54, 1.807) is 0 Å². The molecule has 2 saturated heterocycles. The first-order valence-electron chi connectivity index (χ1n) is 8.51. The van der Waals surface area contributed by atoms with Gasteiger partial charge in [0, 0.05) is 18.6 Å². The maximum atomic E-state index is 5.50. The van der Waals surface area contributed by atoms with Crippen LogP contribution in [0.3, 0.4) is 0 Å². The van der Waals surface area contributed by atoms with Crippen molar-refractivity contribution < 1.29 is 4.74 Å². The quantitative estimate of drug-likeness (QED) is 0.694. The Labute approximate surface area is 124 Å². The van der Waals surface area contributed by atoms with E-state index in [9.17, 15) is 0 Å². The molecule has 0 aromatic carbocycles. The number of likely N-dealkylation sites (tertiary alicyclic amines) is 1. The molecule has 2 atom stereocenters. The molecule has 0 bridgehead atoms. The average molecular weight is 283 g/mol. The van der Waals surface area contributed by atoms with Gasteiger partial charge in [0.2, 0.25) is 0 Å². The van der Waals surface area contributed by atoms with Crippen molar-refractivity contribution in [3.05, 3.63) is 0 Å². The summed E-state index contributed by atoms with van der Waals surface area (Å²) in [6.07, 6.45) is 5.21. The third kappa shape index (κ3) is 6.08. The second-order valence-electron chi connectivity index (χ2n) is 6.69. The monoisotopic (exact) mass is 283 g/mol. The molecule has 2 N–H and O–H groups in total. The Kier molecular flexibility index (Phi) is 7.28. The van der Waals surface area contributed by atoms with Crippen LogP contribution >= 0.6 is 0 Å². The first kappa shape index (κ1) is 16.2. The van der Waals surface area contributed by atoms with E-state index >= 15 is 0 Å². The van der Waals surface area contributed by atoms with Gasteiger partial charge in [-0.15, -0.1) is 0 Å². The summed E-state index contributed by atoms with van der Waals surface area (Å²) < 4.78 is 5.50. The molecule has 2 aliphatic heterocycles. The van der Waals surface area contributed by atoms with Gasteiger partial charge in [-0.25, -0.2) is 0 Å². The standard InChI is InChI=1S/C16H33N3O/c1-14-4-9-19(10-5-14)8-3-6-17-15(2)12-16-13-20-11-7-18-16/h14-18H,3-13H2,1-2H3. The molecule has 20 heavy (non-hydrogen) atoms. The molecule has 0 saturated carbocycles. The van der Waals surface area contributed by atoms with Crippen molar-refractivity contribution in [2.24, 2.45) is 5.92 Å². The third-order valence-corrected chi connectivity index (χ3v) is 4.66. The van der Waals surface area contributed by atoms with Crippen molar-refractivity contribution in [1.29, 1.82) is 0 Å². The van der Waals surface area contributed by atoms with Gasteiger partial charge in [-0.05, 0) is 64.7 Å². The summed E-state index contributed by atoms with van der Waals surface area (Å²) >= 11 is 0. The number of hydrogen-bond acceptors (Lipinski definition) is 4. The molecule has 0 aromatic heterocycles. The summed E-state index contributed by atoms with van der Waals surface area (Å²) in [5.41, 5.74) is 0. The number of rotatable bonds is 7. The summed E-state index contributed by atoms with van der Waals surface area (Å²) in [7, 11) is 0. The molecule has 0 aliphatic carbocycles. The summed E-state index contributed by atoms with van der Waals surface area (Å²) in [5, 5.41) is 7.18. The number of hydrogen-bond donors (Lipinski definition) is 2. The molecular formula is C16H33N3O. The van der Waals surface area contributed by atoms with Crippen LogP contribution in [0.25, 0.3) is 0 Å². The van der Waals surface area contributed by atoms with E-state index in [0.717, 1.165) is 32.2 Å². The van der Waals surface area contributed by atoms with Gasteiger partial charge in [0.15, 0.2) is 0 Å². The van der Waals surface area contributed by atoms with Crippen molar-refractivity contribution in [2.45, 2.75) is 51.6 Å². The van der Waals surface area contributed by atoms with Crippen molar-refractivity contribution in [1.82, 2.24) is 15.5 Å². The number of nitrogens with zero attached hydrogens (tertiary/aromatic N) is 1. The number of nitrogens with one attached hydrogen (secondary N) is 2. The predicted molar refractivity (Wildman–Crippen MR) is 84.1 cm³/mol. The van der Waals surface area contributed by atoms with Crippen LogP contribution < -0.4 is 10.6 Å². The van der Waals surface area contributed by atoms with Gasteiger partial charge < -0.3 is 20.3 Å². The highest BCUT2D eigenvalue weighted by atomic mass is 16.5. The van der Waals surface area contributed by atoms with Gasteiger partial charge in [0.1, 0.15) is 0 Å². The lowest BCUT2D eigenvalue weighted by atomic mass is 9.99. The molecule has 0 aromatic rings. The van der Waals surface area contributed by atoms with E-state index in [-0.39, 0.29) is 0 Å². The van der Waals surface area contributed by atoms with Gasteiger partial charge in [0.25, 0.3) is 0 Å². The molecule has 4 nitrogen and oxygen atoms in total. The highest BCUT2D eigenvalue weighted by Gasteiger charge is 2.17. The van der Waals surface area contributed by atoms with E-state index < -0.39 is 0 Å². The fourth-order valence-electron chi connectivity index (χ4n) is 3.22. The Morgan fingerprint density at radius 2 is 2.15 bits per heavy atom. The second kappa shape index (κ2) is 8.98. The Balaban J connectivity index is 1.47. The normalized spacial score (nSPS) is 27.6. The number of piperidine rings is 1. The molecule has 118 valence electrons. The van der Waals surface area contributed by atoms with E-state index in [2.05, 4.69) is 29.4 Å². The highest BCUT2D eigenvalue weighted by molar-refractivity contribution is 4.76. The Hall–Kier alpha value is -0.160. The molecule has 2 rings (SSSR count). The molecule has 2 fully saturated rings. The maximum absolute atomic E-state index is 5.50. The van der Waals surface area contributed by atoms with Crippen LogP contribution in [-0.4, -0.2) is 62.9 Å². The van der Waals surface area contributed by atoms with Crippen LogP contribution in [0.1, 0.15) is 39.5 Å². The molecular weight excluding hydrogens is 250 g/mol. The van der Waals surface area contributed by atoms with Crippen molar-refractivity contribution in [3.63, 3.8) is 0 Å². The zero-order valence-corrected chi connectivity index (χ0v) is 13.4. The van der Waals surface area contributed by atoms with Crippen LogP contribution in [0.4, 0.5) is 0 Å². The number of ether oxygens (including phenoxy) is 1. The minimum Gasteiger partial charge on any atom is -0.379 e. The third-order valence-electron chi connectivity index (χ3n) is 4.66. The van der Waals surface area contributed by atoms with Crippen LogP contribution in [0, 0.1) is 5.92 Å². The van der Waals surface area contributed by atoms with Crippen LogP contribution in [0.15, 0.2) is 0 Å². The van der Waals surface area contributed by atoms with Crippen LogP contribution in [-0.2, 0) is 4.74 Å². The van der Waals surface area contributed by atoms with E-state index in [1.807, 2.05) is 0 Å².